The van der Waals surface area contributed by atoms with Crippen LogP contribution in [0.5, 0.6) is 0 Å². The van der Waals surface area contributed by atoms with E-state index in [9.17, 15) is 9.59 Å². The van der Waals surface area contributed by atoms with E-state index in [2.05, 4.69) is 10.6 Å². The number of primary amides is 1. The van der Waals surface area contributed by atoms with Crippen LogP contribution in [-0.2, 0) is 22.7 Å². The number of ether oxygens (including phenoxy) is 1. The van der Waals surface area contributed by atoms with Crippen LogP contribution < -0.4 is 16.4 Å². The molecule has 0 saturated heterocycles. The Balaban J connectivity index is 1.94. The fourth-order valence-electron chi connectivity index (χ4n) is 2.46. The summed E-state index contributed by atoms with van der Waals surface area (Å²) in [7, 11) is 0. The summed E-state index contributed by atoms with van der Waals surface area (Å²) < 4.78 is 5.66. The minimum atomic E-state index is -0.646. The first kappa shape index (κ1) is 19.9. The lowest BCUT2D eigenvalue weighted by Crippen LogP contribution is -2.36. The Hall–Kier alpha value is -2.38. The number of hydrogen-bond donors (Lipinski definition) is 3. The van der Waals surface area contributed by atoms with Crippen LogP contribution in [0.2, 0.25) is 0 Å². The maximum absolute atomic E-state index is 12.4. The van der Waals surface area contributed by atoms with Crippen molar-refractivity contribution >= 4 is 23.3 Å². The molecule has 0 fully saturated rings. The van der Waals surface area contributed by atoms with Gasteiger partial charge in [-0.3, -0.25) is 4.79 Å². The zero-order valence-corrected chi connectivity index (χ0v) is 15.8. The van der Waals surface area contributed by atoms with Gasteiger partial charge in [-0.15, -0.1) is 11.3 Å². The van der Waals surface area contributed by atoms with Gasteiger partial charge in [0.05, 0.1) is 25.2 Å². The topological polar surface area (TPSA) is 93.4 Å². The van der Waals surface area contributed by atoms with Crippen LogP contribution in [0.15, 0.2) is 41.8 Å². The summed E-state index contributed by atoms with van der Waals surface area (Å²) in [6.45, 7) is 4.89. The molecule has 4 N–H and O–H groups in total. The summed E-state index contributed by atoms with van der Waals surface area (Å²) in [6, 6.07) is 10.5. The first-order valence-corrected chi connectivity index (χ1v) is 9.38. The lowest BCUT2D eigenvalue weighted by atomic mass is 10.1. The van der Waals surface area contributed by atoms with Gasteiger partial charge in [0.2, 0.25) is 5.91 Å². The quantitative estimate of drug-likeness (QED) is 0.629. The second-order valence-electron chi connectivity index (χ2n) is 6.19. The van der Waals surface area contributed by atoms with Crippen molar-refractivity contribution in [1.29, 1.82) is 0 Å². The molecule has 3 amide bonds. The molecule has 0 radical (unpaired) electrons. The normalized spacial score (nSPS) is 12.0. The summed E-state index contributed by atoms with van der Waals surface area (Å²) in [4.78, 5) is 24.5. The van der Waals surface area contributed by atoms with Crippen molar-refractivity contribution in [3.05, 3.63) is 57.8 Å². The molecule has 1 unspecified atom stereocenters. The smallest absolute Gasteiger partial charge is 0.312 e. The molecule has 0 aliphatic carbocycles. The van der Waals surface area contributed by atoms with E-state index in [1.165, 1.54) is 11.3 Å². The van der Waals surface area contributed by atoms with Crippen molar-refractivity contribution < 1.29 is 14.3 Å². The van der Waals surface area contributed by atoms with E-state index < -0.39 is 12.1 Å². The number of hydrogen-bond acceptors (Lipinski definition) is 4. The molecule has 1 aromatic heterocycles. The zero-order valence-electron chi connectivity index (χ0n) is 15.0. The SMILES string of the molecule is CC(C)OCc1ccccc1CNC(=O)CC(NC(N)=O)c1cccs1. The minimum absolute atomic E-state index is 0.133. The Kier molecular flexibility index (Phi) is 7.62. The first-order chi connectivity index (χ1) is 12.5. The molecule has 0 spiro atoms. The van der Waals surface area contributed by atoms with E-state index in [1.54, 1.807) is 0 Å². The maximum atomic E-state index is 12.4. The van der Waals surface area contributed by atoms with Crippen LogP contribution in [0.3, 0.4) is 0 Å². The Morgan fingerprint density at radius 2 is 1.88 bits per heavy atom. The Morgan fingerprint density at radius 3 is 2.50 bits per heavy atom. The monoisotopic (exact) mass is 375 g/mol. The third-order valence-corrected chi connectivity index (χ3v) is 4.75. The molecule has 140 valence electrons. The van der Waals surface area contributed by atoms with Gasteiger partial charge in [-0.05, 0) is 36.4 Å². The molecule has 1 heterocycles. The molecule has 1 atom stereocenters. The largest absolute Gasteiger partial charge is 0.374 e. The number of urea groups is 1. The minimum Gasteiger partial charge on any atom is -0.374 e. The Morgan fingerprint density at radius 1 is 1.15 bits per heavy atom. The molecule has 0 bridgehead atoms. The Bertz CT molecular complexity index is 717. The average molecular weight is 375 g/mol. The molecule has 7 heteroatoms. The highest BCUT2D eigenvalue weighted by molar-refractivity contribution is 7.10. The van der Waals surface area contributed by atoms with Crippen LogP contribution in [0.25, 0.3) is 0 Å². The molecular formula is C19H25N3O3S. The number of carbonyl (C=O) groups excluding carboxylic acids is 2. The van der Waals surface area contributed by atoms with Crippen molar-refractivity contribution in [2.45, 2.75) is 45.6 Å². The van der Waals surface area contributed by atoms with Crippen LogP contribution in [0.1, 0.15) is 42.3 Å². The summed E-state index contributed by atoms with van der Waals surface area (Å²) in [5, 5.41) is 7.43. The number of rotatable bonds is 9. The molecule has 6 nitrogen and oxygen atoms in total. The fraction of sp³-hybridized carbons (Fsp3) is 0.368. The molecule has 26 heavy (non-hydrogen) atoms. The predicted octanol–water partition coefficient (Wildman–Crippen LogP) is 3.09. The van der Waals surface area contributed by atoms with E-state index in [0.29, 0.717) is 13.2 Å². The van der Waals surface area contributed by atoms with Crippen LogP contribution in [-0.4, -0.2) is 18.0 Å². The molecular weight excluding hydrogens is 350 g/mol. The highest BCUT2D eigenvalue weighted by atomic mass is 32.1. The van der Waals surface area contributed by atoms with Gasteiger partial charge in [0, 0.05) is 11.4 Å². The zero-order chi connectivity index (χ0) is 18.9. The molecule has 0 aliphatic heterocycles. The number of benzene rings is 1. The average Bonchev–Trinajstić information content (AvgIpc) is 3.12. The van der Waals surface area contributed by atoms with Gasteiger partial charge in [-0.2, -0.15) is 0 Å². The van der Waals surface area contributed by atoms with E-state index >= 15 is 0 Å². The molecule has 2 rings (SSSR count). The molecule has 1 aromatic carbocycles. The van der Waals surface area contributed by atoms with Gasteiger partial charge in [-0.1, -0.05) is 30.3 Å². The Labute approximate surface area is 157 Å². The standard InChI is InChI=1S/C19H25N3O3S/c1-13(2)25-12-15-7-4-3-6-14(15)11-21-18(23)10-16(22-19(20)24)17-8-5-9-26-17/h3-9,13,16H,10-12H2,1-2H3,(H,21,23)(H3,20,22,24). The van der Waals surface area contributed by atoms with Gasteiger partial charge in [0.25, 0.3) is 0 Å². The summed E-state index contributed by atoms with van der Waals surface area (Å²) in [6.07, 6.45) is 0.276. The van der Waals surface area contributed by atoms with E-state index in [-0.39, 0.29) is 18.4 Å². The number of nitrogens with one attached hydrogen (secondary N) is 2. The first-order valence-electron chi connectivity index (χ1n) is 8.50. The lowest BCUT2D eigenvalue weighted by Gasteiger charge is -2.17. The van der Waals surface area contributed by atoms with Crippen molar-refractivity contribution in [3.8, 4) is 0 Å². The summed E-state index contributed by atoms with van der Waals surface area (Å²) >= 11 is 1.47. The van der Waals surface area contributed by atoms with E-state index in [0.717, 1.165) is 16.0 Å². The molecule has 0 saturated carbocycles. The maximum Gasteiger partial charge on any atom is 0.312 e. The summed E-state index contributed by atoms with van der Waals surface area (Å²) in [5.74, 6) is -0.156. The predicted molar refractivity (Wildman–Crippen MR) is 103 cm³/mol. The number of nitrogens with two attached hydrogens (primary N) is 1. The fourth-order valence-corrected chi connectivity index (χ4v) is 3.24. The van der Waals surface area contributed by atoms with Gasteiger partial charge >= 0.3 is 6.03 Å². The van der Waals surface area contributed by atoms with Crippen molar-refractivity contribution in [2.75, 3.05) is 0 Å². The van der Waals surface area contributed by atoms with Gasteiger partial charge in [0.15, 0.2) is 0 Å². The number of carbonyl (C=O) groups is 2. The van der Waals surface area contributed by atoms with Gasteiger partial charge in [0.1, 0.15) is 0 Å². The lowest BCUT2D eigenvalue weighted by molar-refractivity contribution is -0.121. The van der Waals surface area contributed by atoms with Crippen LogP contribution in [0, 0.1) is 0 Å². The molecule has 2 aromatic rings. The summed E-state index contributed by atoms with van der Waals surface area (Å²) in [5.41, 5.74) is 7.29. The number of thiophene rings is 1. The third-order valence-electron chi connectivity index (χ3n) is 3.76. The van der Waals surface area contributed by atoms with Crippen LogP contribution >= 0.6 is 11.3 Å². The highest BCUT2D eigenvalue weighted by Gasteiger charge is 2.18. The van der Waals surface area contributed by atoms with E-state index in [1.807, 2.05) is 55.6 Å². The third kappa shape index (κ3) is 6.50. The second kappa shape index (κ2) is 9.94. The van der Waals surface area contributed by atoms with Crippen molar-refractivity contribution in [2.24, 2.45) is 5.73 Å². The van der Waals surface area contributed by atoms with E-state index in [4.69, 9.17) is 10.5 Å². The van der Waals surface area contributed by atoms with Crippen molar-refractivity contribution in [3.63, 3.8) is 0 Å². The second-order valence-corrected chi connectivity index (χ2v) is 7.17. The number of amides is 3. The van der Waals surface area contributed by atoms with Gasteiger partial charge in [-0.25, -0.2) is 4.79 Å². The molecule has 0 aliphatic rings. The van der Waals surface area contributed by atoms with Crippen molar-refractivity contribution in [1.82, 2.24) is 10.6 Å². The highest BCUT2D eigenvalue weighted by Crippen LogP contribution is 2.22. The van der Waals surface area contributed by atoms with Gasteiger partial charge < -0.3 is 21.1 Å². The van der Waals surface area contributed by atoms with Crippen LogP contribution in [0.4, 0.5) is 4.79 Å².